The second-order valence-corrected chi connectivity index (χ2v) is 22.3. The number of thioether (sulfide) groups is 1. The molecule has 4 aromatic carbocycles. The Morgan fingerprint density at radius 1 is 0.814 bits per heavy atom. The Labute approximate surface area is 419 Å². The highest BCUT2D eigenvalue weighted by molar-refractivity contribution is 8.02. The molecule has 4 saturated heterocycles. The smallest absolute Gasteiger partial charge is 0.387 e. The van der Waals surface area contributed by atoms with Gasteiger partial charge in [0.05, 0.1) is 38.8 Å². The predicted molar refractivity (Wildman–Crippen MR) is 260 cm³/mol. The van der Waals surface area contributed by atoms with E-state index >= 15 is 0 Å². The van der Waals surface area contributed by atoms with Crippen molar-refractivity contribution in [3.05, 3.63) is 147 Å². The fraction of sp³-hybridized carbons (Fsp3) is 0.385. The number of aromatic nitrogens is 1. The van der Waals surface area contributed by atoms with Crippen molar-refractivity contribution in [2.45, 2.75) is 85.1 Å². The number of nitrogens with zero attached hydrogens (tertiary/aromatic N) is 2. The Morgan fingerprint density at radius 2 is 1.56 bits per heavy atom. The lowest BCUT2D eigenvalue weighted by Crippen LogP contribution is -2.52. The minimum Gasteiger partial charge on any atom is -0.489 e. The Bertz CT molecular complexity index is 2790. The first-order valence-corrected chi connectivity index (χ1v) is 26.6. The molecule has 0 N–H and O–H groups in total. The molecule has 70 heavy (non-hydrogen) atoms. The number of carbonyl (C=O) groups is 3. The van der Waals surface area contributed by atoms with Crippen molar-refractivity contribution in [3.8, 4) is 17.2 Å². The number of sulfone groups is 1. The minimum absolute atomic E-state index is 0.0208. The van der Waals surface area contributed by atoms with Gasteiger partial charge in [0.15, 0.2) is 21.3 Å². The third-order valence-corrected chi connectivity index (χ3v) is 17.7. The Kier molecular flexibility index (Phi) is 15.6. The Morgan fingerprint density at radius 3 is 2.27 bits per heavy atom. The number of esters is 3. The maximum Gasteiger partial charge on any atom is 0.387 e. The highest BCUT2D eigenvalue weighted by atomic mass is 35.5. The molecule has 0 amide bonds. The van der Waals surface area contributed by atoms with Gasteiger partial charge >= 0.3 is 24.5 Å². The van der Waals surface area contributed by atoms with Crippen molar-refractivity contribution in [2.24, 2.45) is 11.8 Å². The van der Waals surface area contributed by atoms with Crippen LogP contribution in [0.5, 0.6) is 17.2 Å². The van der Waals surface area contributed by atoms with Gasteiger partial charge in [-0.15, -0.1) is 11.8 Å². The third-order valence-electron chi connectivity index (χ3n) is 13.3. The maximum atomic E-state index is 14.5. The van der Waals surface area contributed by atoms with Crippen LogP contribution in [0, 0.1) is 11.8 Å². The zero-order chi connectivity index (χ0) is 48.9. The molecular weight excluding hydrogens is 986 g/mol. The van der Waals surface area contributed by atoms with Gasteiger partial charge in [-0.2, -0.15) is 8.78 Å². The molecule has 0 spiro atoms. The van der Waals surface area contributed by atoms with Crippen LogP contribution in [0.4, 0.5) is 8.78 Å². The van der Waals surface area contributed by atoms with E-state index in [4.69, 9.17) is 46.9 Å². The van der Waals surface area contributed by atoms with E-state index in [2.05, 4.69) is 9.88 Å². The maximum absolute atomic E-state index is 14.5. The summed E-state index contributed by atoms with van der Waals surface area (Å²) in [6.45, 7) is -0.0541. The summed E-state index contributed by atoms with van der Waals surface area (Å²) in [4.78, 5) is 47.7. The molecular formula is C52H50Cl2F2N2O10S2. The van der Waals surface area contributed by atoms with E-state index in [-0.39, 0.29) is 81.6 Å². The van der Waals surface area contributed by atoms with Gasteiger partial charge in [0.1, 0.15) is 23.2 Å². The van der Waals surface area contributed by atoms with Crippen molar-refractivity contribution in [3.63, 3.8) is 0 Å². The first-order valence-electron chi connectivity index (χ1n) is 23.2. The van der Waals surface area contributed by atoms with Crippen LogP contribution in [0.2, 0.25) is 10.0 Å². The fourth-order valence-corrected chi connectivity index (χ4v) is 13.7. The first-order chi connectivity index (χ1) is 33.8. The summed E-state index contributed by atoms with van der Waals surface area (Å²) in [5, 5.41) is -2.06. The topological polar surface area (TPSA) is 148 Å². The molecule has 5 atom stereocenters. The standard InChI is InChI=1S/C52H50Cl2F2N2O10S2/c53-41-27-57-28-42(54)40(41)25-44(35-14-15-43(68-52(55)56)45(24-35)64-30-31-12-13-31)67-51(61)49-47(18-21-69-49)70(62,63)38-11-5-9-36(23-38)50(60)65-37-10-4-8-34(22-37)39(32-6-2-1-3-7-32)26-48(59)66-46-29-58-19-16-33(46)17-20-58/h1-11,14-15,22-24,27-28,31,33,39,44,46-47,49,52H,12-13,16-21,25-26,29-30H2/t39?,44-,46-,47?,49+/m0/s1. The van der Waals surface area contributed by atoms with Gasteiger partial charge in [-0.3, -0.25) is 19.5 Å². The molecule has 2 unspecified atom stereocenters. The van der Waals surface area contributed by atoms with Gasteiger partial charge < -0.3 is 23.7 Å². The monoisotopic (exact) mass is 1030 g/mol. The summed E-state index contributed by atoms with van der Waals surface area (Å²) in [5.41, 5.74) is 2.30. The van der Waals surface area contributed by atoms with E-state index in [9.17, 15) is 31.6 Å². The summed E-state index contributed by atoms with van der Waals surface area (Å²) in [6.07, 6.45) is 5.49. The van der Waals surface area contributed by atoms with Crippen LogP contribution in [0.1, 0.15) is 83.2 Å². The van der Waals surface area contributed by atoms with E-state index in [1.807, 2.05) is 36.4 Å². The van der Waals surface area contributed by atoms with E-state index in [0.717, 1.165) is 68.2 Å². The number of halogens is 4. The summed E-state index contributed by atoms with van der Waals surface area (Å²) < 4.78 is 84.5. The fourth-order valence-electron chi connectivity index (χ4n) is 9.36. The Hall–Kier alpha value is -5.26. The lowest BCUT2D eigenvalue weighted by molar-refractivity contribution is -0.159. The molecule has 368 valence electrons. The number of ether oxygens (including phenoxy) is 5. The quantitative estimate of drug-likeness (QED) is 0.0571. The van der Waals surface area contributed by atoms with Crippen LogP contribution in [-0.2, 0) is 35.3 Å². The highest BCUT2D eigenvalue weighted by Gasteiger charge is 2.45. The molecule has 5 aliphatic rings. The molecule has 1 aliphatic carbocycles. The normalized spacial score (nSPS) is 21.7. The van der Waals surface area contributed by atoms with Crippen LogP contribution in [0.25, 0.3) is 0 Å². The number of benzene rings is 4. The molecule has 0 radical (unpaired) electrons. The van der Waals surface area contributed by atoms with E-state index in [1.54, 1.807) is 18.2 Å². The van der Waals surface area contributed by atoms with Crippen molar-refractivity contribution >= 4 is 62.7 Å². The number of hydrogen-bond donors (Lipinski definition) is 0. The largest absolute Gasteiger partial charge is 0.489 e. The van der Waals surface area contributed by atoms with Crippen LogP contribution >= 0.6 is 35.0 Å². The average molecular weight is 1040 g/mol. The molecule has 1 aromatic heterocycles. The van der Waals surface area contributed by atoms with E-state index in [0.29, 0.717) is 22.8 Å². The van der Waals surface area contributed by atoms with Crippen molar-refractivity contribution in [1.82, 2.24) is 9.88 Å². The predicted octanol–water partition coefficient (Wildman–Crippen LogP) is 10.3. The number of rotatable bonds is 19. The third kappa shape index (κ3) is 11.9. The van der Waals surface area contributed by atoms with Gasteiger partial charge in [0.25, 0.3) is 0 Å². The van der Waals surface area contributed by atoms with Crippen molar-refractivity contribution < 1.29 is 55.3 Å². The molecule has 5 aromatic rings. The minimum atomic E-state index is -4.28. The lowest BCUT2D eigenvalue weighted by atomic mass is 9.85. The van der Waals surface area contributed by atoms with Crippen molar-refractivity contribution in [2.75, 3.05) is 32.0 Å². The molecule has 2 bridgehead atoms. The van der Waals surface area contributed by atoms with Gasteiger partial charge in [0, 0.05) is 31.3 Å². The van der Waals surface area contributed by atoms with Crippen LogP contribution in [-0.4, -0.2) is 91.4 Å². The zero-order valence-electron chi connectivity index (χ0n) is 37.8. The van der Waals surface area contributed by atoms with Gasteiger partial charge in [-0.1, -0.05) is 77.8 Å². The van der Waals surface area contributed by atoms with Gasteiger partial charge in [0.2, 0.25) is 0 Å². The molecule has 12 nitrogen and oxygen atoms in total. The van der Waals surface area contributed by atoms with Crippen molar-refractivity contribution in [1.29, 1.82) is 0 Å². The van der Waals surface area contributed by atoms with Gasteiger partial charge in [-0.05, 0) is 128 Å². The highest BCUT2D eigenvalue weighted by Crippen LogP contribution is 2.41. The average Bonchev–Trinajstić information content (AvgIpc) is 4.05. The van der Waals surface area contributed by atoms with E-state index in [1.165, 1.54) is 54.9 Å². The summed E-state index contributed by atoms with van der Waals surface area (Å²) >= 11 is 14.1. The number of alkyl halides is 2. The molecule has 4 aliphatic heterocycles. The molecule has 5 heterocycles. The summed E-state index contributed by atoms with van der Waals surface area (Å²) in [5.74, 6) is -1.40. The van der Waals surface area contributed by atoms with Crippen LogP contribution < -0.4 is 14.2 Å². The Balaban J connectivity index is 0.912. The van der Waals surface area contributed by atoms with Crippen LogP contribution in [0.15, 0.2) is 114 Å². The lowest BCUT2D eigenvalue weighted by Gasteiger charge is -2.44. The molecule has 5 fully saturated rings. The number of carbonyl (C=O) groups excluding carboxylic acids is 3. The SMILES string of the molecule is O=C(CC(c1ccccc1)c1cccc(OC(=O)c2cccc(S(=O)(=O)C3CCS[C@H]3C(=O)O[C@@H](Cc3c(Cl)cncc3Cl)c3ccc(OC(F)F)c(OCC4CC4)c3)c2)c1)O[C@H]1CN2CCC1CC2. The second-order valence-electron chi connectivity index (χ2n) is 18.0. The van der Waals surface area contributed by atoms with Gasteiger partial charge in [-0.25, -0.2) is 13.2 Å². The van der Waals surface area contributed by atoms with Crippen LogP contribution in [0.3, 0.4) is 0 Å². The number of pyridine rings is 1. The number of hydrogen-bond acceptors (Lipinski definition) is 13. The first kappa shape index (κ1) is 49.7. The second kappa shape index (κ2) is 22.0. The summed E-state index contributed by atoms with van der Waals surface area (Å²) in [6, 6.07) is 26.1. The molecule has 18 heteroatoms. The number of fused-ring (bicyclic) bond motifs is 3. The number of piperidine rings is 3. The van der Waals surface area contributed by atoms with E-state index < -0.39 is 50.9 Å². The zero-order valence-corrected chi connectivity index (χ0v) is 40.9. The summed E-state index contributed by atoms with van der Waals surface area (Å²) in [7, 11) is -4.28. The molecule has 1 saturated carbocycles. The molecule has 10 rings (SSSR count).